The predicted octanol–water partition coefficient (Wildman–Crippen LogP) is 3.58. The molecule has 0 aromatic heterocycles. The number of unbranched alkanes of at least 4 members (excludes halogenated alkanes) is 2. The van der Waals surface area contributed by atoms with Crippen molar-refractivity contribution in [3.05, 3.63) is 65.2 Å². The fourth-order valence-corrected chi connectivity index (χ4v) is 5.02. The van der Waals surface area contributed by atoms with Gasteiger partial charge in [0.2, 0.25) is 5.91 Å². The molecule has 40 heavy (non-hydrogen) atoms. The number of carbonyl (C=O) groups excluding carboxylic acids is 3. The van der Waals surface area contributed by atoms with Crippen LogP contribution in [0.4, 0.5) is 8.78 Å². The zero-order valence-corrected chi connectivity index (χ0v) is 23.4. The van der Waals surface area contributed by atoms with Crippen LogP contribution in [-0.2, 0) is 16.0 Å². The van der Waals surface area contributed by atoms with Crippen LogP contribution in [0.2, 0.25) is 0 Å². The van der Waals surface area contributed by atoms with Gasteiger partial charge in [-0.25, -0.2) is 8.78 Å². The number of carbonyl (C=O) groups is 3. The molecule has 1 aliphatic heterocycles. The number of aliphatic hydroxyl groups is 1. The molecule has 3 amide bonds. The SMILES string of the molecule is CCCCCNC(=O)C1N(C(=O)C(O)C(Cc2ccccc2)NC(=O)c2cccc(O)c2C)CC(F)(F)C1(C)C. The third kappa shape index (κ3) is 6.60. The molecule has 218 valence electrons. The second-order valence-corrected chi connectivity index (χ2v) is 11.0. The molecule has 2 aromatic rings. The molecule has 0 aliphatic carbocycles. The summed E-state index contributed by atoms with van der Waals surface area (Å²) in [5.74, 6) is -5.94. The normalized spacial score (nSPS) is 19.1. The van der Waals surface area contributed by atoms with Gasteiger partial charge in [-0.3, -0.25) is 14.4 Å². The van der Waals surface area contributed by atoms with Crippen molar-refractivity contribution < 1.29 is 33.4 Å². The van der Waals surface area contributed by atoms with Gasteiger partial charge >= 0.3 is 0 Å². The summed E-state index contributed by atoms with van der Waals surface area (Å²) in [6, 6.07) is 10.5. The molecule has 3 atom stereocenters. The summed E-state index contributed by atoms with van der Waals surface area (Å²) in [4.78, 5) is 40.7. The van der Waals surface area contributed by atoms with E-state index in [4.69, 9.17) is 0 Å². The van der Waals surface area contributed by atoms with Gasteiger partial charge in [-0.2, -0.15) is 0 Å². The number of rotatable bonds is 11. The van der Waals surface area contributed by atoms with Crippen LogP contribution in [0.1, 0.15) is 61.5 Å². The smallest absolute Gasteiger partial charge is 0.272 e. The van der Waals surface area contributed by atoms with Crippen LogP contribution in [0.5, 0.6) is 5.75 Å². The highest BCUT2D eigenvalue weighted by Gasteiger charge is 2.64. The molecule has 3 rings (SSSR count). The second-order valence-electron chi connectivity index (χ2n) is 11.0. The Morgan fingerprint density at radius 1 is 1.07 bits per heavy atom. The zero-order valence-electron chi connectivity index (χ0n) is 23.4. The Morgan fingerprint density at radius 3 is 2.40 bits per heavy atom. The lowest BCUT2D eigenvalue weighted by atomic mass is 9.81. The van der Waals surface area contributed by atoms with Crippen LogP contribution < -0.4 is 10.6 Å². The molecule has 1 heterocycles. The number of amides is 3. The first-order valence-electron chi connectivity index (χ1n) is 13.6. The number of aliphatic hydroxyl groups excluding tert-OH is 1. The molecule has 8 nitrogen and oxygen atoms in total. The van der Waals surface area contributed by atoms with Gasteiger partial charge in [-0.05, 0) is 37.5 Å². The number of hydrogen-bond donors (Lipinski definition) is 4. The second kappa shape index (κ2) is 12.8. The molecule has 1 saturated heterocycles. The van der Waals surface area contributed by atoms with E-state index in [9.17, 15) is 24.6 Å². The van der Waals surface area contributed by atoms with Crippen molar-refractivity contribution >= 4 is 17.7 Å². The van der Waals surface area contributed by atoms with Gasteiger partial charge < -0.3 is 25.7 Å². The number of phenols is 1. The summed E-state index contributed by atoms with van der Waals surface area (Å²) in [6.07, 6.45) is 0.518. The third-order valence-electron chi connectivity index (χ3n) is 7.72. The van der Waals surface area contributed by atoms with Gasteiger partial charge in [0.05, 0.1) is 18.0 Å². The summed E-state index contributed by atoms with van der Waals surface area (Å²) in [7, 11) is 0. The largest absolute Gasteiger partial charge is 0.508 e. The summed E-state index contributed by atoms with van der Waals surface area (Å²) < 4.78 is 30.3. The van der Waals surface area contributed by atoms with Crippen LogP contribution >= 0.6 is 0 Å². The molecule has 0 saturated carbocycles. The van der Waals surface area contributed by atoms with Crippen molar-refractivity contribution in [2.75, 3.05) is 13.1 Å². The van der Waals surface area contributed by atoms with E-state index in [0.717, 1.165) is 17.7 Å². The fraction of sp³-hybridized carbons (Fsp3) is 0.500. The average molecular weight is 560 g/mol. The Morgan fingerprint density at radius 2 is 1.75 bits per heavy atom. The number of hydrogen-bond acceptors (Lipinski definition) is 5. The van der Waals surface area contributed by atoms with E-state index < -0.39 is 53.8 Å². The van der Waals surface area contributed by atoms with E-state index in [1.165, 1.54) is 32.0 Å². The van der Waals surface area contributed by atoms with E-state index in [-0.39, 0.29) is 24.3 Å². The number of nitrogens with zero attached hydrogens (tertiary/aromatic N) is 1. The minimum absolute atomic E-state index is 0.0128. The highest BCUT2D eigenvalue weighted by molar-refractivity contribution is 5.97. The summed E-state index contributed by atoms with van der Waals surface area (Å²) >= 11 is 0. The van der Waals surface area contributed by atoms with E-state index in [1.807, 2.05) is 6.92 Å². The monoisotopic (exact) mass is 559 g/mol. The molecule has 2 aromatic carbocycles. The minimum atomic E-state index is -3.40. The van der Waals surface area contributed by atoms with Crippen LogP contribution in [0.25, 0.3) is 0 Å². The van der Waals surface area contributed by atoms with E-state index in [1.54, 1.807) is 37.3 Å². The minimum Gasteiger partial charge on any atom is -0.508 e. The summed E-state index contributed by atoms with van der Waals surface area (Å²) in [5.41, 5.74) is -0.769. The van der Waals surface area contributed by atoms with Gasteiger partial charge in [0.25, 0.3) is 17.7 Å². The Labute approximate surface area is 233 Å². The molecule has 1 aliphatic rings. The number of halogens is 2. The molecule has 4 N–H and O–H groups in total. The summed E-state index contributed by atoms with van der Waals surface area (Å²) in [5, 5.41) is 26.6. The van der Waals surface area contributed by atoms with Gasteiger partial charge in [-0.15, -0.1) is 0 Å². The number of aromatic hydroxyl groups is 1. The van der Waals surface area contributed by atoms with Crippen molar-refractivity contribution in [3.63, 3.8) is 0 Å². The first-order valence-corrected chi connectivity index (χ1v) is 13.6. The lowest BCUT2D eigenvalue weighted by Crippen LogP contribution is -2.57. The number of likely N-dealkylation sites (tertiary alicyclic amines) is 1. The maximum Gasteiger partial charge on any atom is 0.272 e. The Kier molecular flexibility index (Phi) is 9.89. The van der Waals surface area contributed by atoms with Crippen molar-refractivity contribution in [3.8, 4) is 5.75 Å². The van der Waals surface area contributed by atoms with Gasteiger partial charge in [0, 0.05) is 17.7 Å². The molecule has 10 heteroatoms. The highest BCUT2D eigenvalue weighted by atomic mass is 19.3. The Bertz CT molecular complexity index is 1210. The van der Waals surface area contributed by atoms with E-state index in [2.05, 4.69) is 10.6 Å². The molecule has 1 fully saturated rings. The van der Waals surface area contributed by atoms with E-state index in [0.29, 0.717) is 17.5 Å². The average Bonchev–Trinajstić information content (AvgIpc) is 3.10. The number of alkyl halides is 2. The lowest BCUT2D eigenvalue weighted by molar-refractivity contribution is -0.148. The van der Waals surface area contributed by atoms with Gasteiger partial charge in [-0.1, -0.05) is 70.0 Å². The van der Waals surface area contributed by atoms with Crippen LogP contribution in [-0.4, -0.2) is 70.0 Å². The Balaban J connectivity index is 1.91. The van der Waals surface area contributed by atoms with Crippen molar-refractivity contribution in [2.24, 2.45) is 5.41 Å². The van der Waals surface area contributed by atoms with Crippen molar-refractivity contribution in [2.45, 2.75) is 77.5 Å². The van der Waals surface area contributed by atoms with Crippen LogP contribution in [0, 0.1) is 12.3 Å². The first kappa shape index (κ1) is 31.0. The molecular weight excluding hydrogens is 520 g/mol. The molecule has 0 bridgehead atoms. The Hall–Kier alpha value is -3.53. The summed E-state index contributed by atoms with van der Waals surface area (Å²) in [6.45, 7) is 5.26. The zero-order chi connectivity index (χ0) is 29.7. The van der Waals surface area contributed by atoms with Crippen molar-refractivity contribution in [1.82, 2.24) is 15.5 Å². The predicted molar refractivity (Wildman–Crippen MR) is 147 cm³/mol. The maximum atomic E-state index is 15.2. The maximum absolute atomic E-state index is 15.2. The van der Waals surface area contributed by atoms with Gasteiger partial charge in [0.15, 0.2) is 6.10 Å². The quantitative estimate of drug-likeness (QED) is 0.314. The van der Waals surface area contributed by atoms with Gasteiger partial charge in [0.1, 0.15) is 11.8 Å². The van der Waals surface area contributed by atoms with Crippen LogP contribution in [0.15, 0.2) is 48.5 Å². The molecular formula is C30H39F2N3O5. The molecule has 0 spiro atoms. The topological polar surface area (TPSA) is 119 Å². The molecule has 0 radical (unpaired) electrons. The first-order chi connectivity index (χ1) is 18.8. The number of phenolic OH excluding ortho intramolecular Hbond substituents is 1. The number of nitrogens with one attached hydrogen (secondary N) is 2. The van der Waals surface area contributed by atoms with Crippen molar-refractivity contribution in [1.29, 1.82) is 0 Å². The fourth-order valence-electron chi connectivity index (χ4n) is 5.02. The van der Waals surface area contributed by atoms with Crippen LogP contribution in [0.3, 0.4) is 0 Å². The third-order valence-corrected chi connectivity index (χ3v) is 7.72. The molecule has 3 unspecified atom stereocenters. The lowest BCUT2D eigenvalue weighted by Gasteiger charge is -2.34. The standard InChI is InChI=1S/C30H39F2N3O5/c1-5-6-10-16-33-27(39)25-29(3,4)30(31,32)18-35(25)28(40)24(37)22(17-20-12-8-7-9-13-20)34-26(38)21-14-11-15-23(36)19(21)2/h7-9,11-15,22,24-25,36-37H,5-6,10,16-18H2,1-4H3,(H,33,39)(H,34,38). The number of benzene rings is 2. The van der Waals surface area contributed by atoms with E-state index >= 15 is 8.78 Å². The highest BCUT2D eigenvalue weighted by Crippen LogP contribution is 2.48.